The van der Waals surface area contributed by atoms with Crippen LogP contribution in [0.2, 0.25) is 5.02 Å². The zero-order valence-electron chi connectivity index (χ0n) is 8.57. The fraction of sp³-hybridized carbons (Fsp3) is 0.455. The SMILES string of the molecule is CC1C(c2cccc(Cl)c2)NCCS1=O. The van der Waals surface area contributed by atoms with Crippen LogP contribution in [0.1, 0.15) is 18.5 Å². The molecular formula is C11H14ClNOS. The maximum Gasteiger partial charge on any atom is 0.0515 e. The Balaban J connectivity index is 2.26. The highest BCUT2D eigenvalue weighted by Crippen LogP contribution is 2.25. The summed E-state index contributed by atoms with van der Waals surface area (Å²) in [6.07, 6.45) is 0. The number of hydrogen-bond donors (Lipinski definition) is 1. The lowest BCUT2D eigenvalue weighted by Crippen LogP contribution is -2.42. The molecule has 1 heterocycles. The van der Waals surface area contributed by atoms with Crippen LogP contribution >= 0.6 is 11.6 Å². The van der Waals surface area contributed by atoms with Crippen molar-refractivity contribution in [2.75, 3.05) is 12.3 Å². The lowest BCUT2D eigenvalue weighted by molar-refractivity contribution is 0.514. The fourth-order valence-electron chi connectivity index (χ4n) is 1.91. The molecule has 2 rings (SSSR count). The van der Waals surface area contributed by atoms with Crippen molar-refractivity contribution in [3.05, 3.63) is 34.9 Å². The summed E-state index contributed by atoms with van der Waals surface area (Å²) in [4.78, 5) is 0. The van der Waals surface area contributed by atoms with E-state index in [1.54, 1.807) is 0 Å². The van der Waals surface area contributed by atoms with Gasteiger partial charge in [0.15, 0.2) is 0 Å². The standard InChI is InChI=1S/C11H14ClNOS/c1-8-11(13-5-6-15(8)14)9-3-2-4-10(12)7-9/h2-4,7-8,11,13H,5-6H2,1H3. The fourth-order valence-corrected chi connectivity index (χ4v) is 3.35. The Morgan fingerprint density at radius 3 is 3.07 bits per heavy atom. The summed E-state index contributed by atoms with van der Waals surface area (Å²) in [6, 6.07) is 7.93. The predicted molar refractivity (Wildman–Crippen MR) is 64.7 cm³/mol. The molecule has 0 aliphatic carbocycles. The lowest BCUT2D eigenvalue weighted by Gasteiger charge is -2.29. The molecule has 82 valence electrons. The molecule has 1 saturated heterocycles. The van der Waals surface area contributed by atoms with E-state index in [1.165, 1.54) is 0 Å². The van der Waals surface area contributed by atoms with E-state index in [-0.39, 0.29) is 11.3 Å². The first-order valence-electron chi connectivity index (χ1n) is 5.04. The third-order valence-corrected chi connectivity index (χ3v) is 4.70. The van der Waals surface area contributed by atoms with Gasteiger partial charge in [0.1, 0.15) is 0 Å². The van der Waals surface area contributed by atoms with E-state index in [4.69, 9.17) is 11.6 Å². The molecule has 0 radical (unpaired) electrons. The van der Waals surface area contributed by atoms with Gasteiger partial charge >= 0.3 is 0 Å². The largest absolute Gasteiger partial charge is 0.308 e. The maximum absolute atomic E-state index is 11.7. The van der Waals surface area contributed by atoms with Crippen LogP contribution in [0.3, 0.4) is 0 Å². The molecule has 2 nitrogen and oxygen atoms in total. The molecule has 0 spiro atoms. The predicted octanol–water partition coefficient (Wildman–Crippen LogP) is 2.12. The average molecular weight is 244 g/mol. The number of halogens is 1. The normalized spacial score (nSPS) is 31.5. The van der Waals surface area contributed by atoms with Gasteiger partial charge in [-0.2, -0.15) is 0 Å². The van der Waals surface area contributed by atoms with Crippen LogP contribution in [0, 0.1) is 0 Å². The van der Waals surface area contributed by atoms with Crippen LogP contribution in [0.4, 0.5) is 0 Å². The van der Waals surface area contributed by atoms with Gasteiger partial charge in [0.25, 0.3) is 0 Å². The van der Waals surface area contributed by atoms with Gasteiger partial charge in [-0.05, 0) is 24.6 Å². The Hall–Kier alpha value is -0.380. The number of benzene rings is 1. The van der Waals surface area contributed by atoms with Crippen LogP contribution in [0.5, 0.6) is 0 Å². The van der Waals surface area contributed by atoms with E-state index in [2.05, 4.69) is 5.32 Å². The molecule has 1 aliphatic rings. The maximum atomic E-state index is 11.7. The van der Waals surface area contributed by atoms with Gasteiger partial charge in [-0.25, -0.2) is 0 Å². The zero-order chi connectivity index (χ0) is 10.8. The summed E-state index contributed by atoms with van der Waals surface area (Å²) in [5.74, 6) is 0.748. The van der Waals surface area contributed by atoms with Crippen molar-refractivity contribution in [1.82, 2.24) is 5.32 Å². The van der Waals surface area contributed by atoms with Gasteiger partial charge < -0.3 is 5.32 Å². The van der Waals surface area contributed by atoms with Crippen LogP contribution in [0.15, 0.2) is 24.3 Å². The van der Waals surface area contributed by atoms with E-state index in [0.717, 1.165) is 22.9 Å². The van der Waals surface area contributed by atoms with Crippen LogP contribution in [-0.4, -0.2) is 21.8 Å². The van der Waals surface area contributed by atoms with Gasteiger partial charge in [-0.3, -0.25) is 4.21 Å². The summed E-state index contributed by atoms with van der Waals surface area (Å²) in [5, 5.41) is 4.28. The smallest absolute Gasteiger partial charge is 0.0515 e. The van der Waals surface area contributed by atoms with Crippen molar-refractivity contribution >= 4 is 22.4 Å². The highest BCUT2D eigenvalue weighted by atomic mass is 35.5. The Kier molecular flexibility index (Phi) is 3.44. The number of hydrogen-bond acceptors (Lipinski definition) is 2. The molecule has 1 aromatic rings. The van der Waals surface area contributed by atoms with Crippen molar-refractivity contribution in [3.8, 4) is 0 Å². The van der Waals surface area contributed by atoms with Gasteiger partial charge in [0.2, 0.25) is 0 Å². The van der Waals surface area contributed by atoms with E-state index >= 15 is 0 Å². The first kappa shape index (κ1) is 11.1. The Labute approximate surface area is 97.5 Å². The van der Waals surface area contributed by atoms with Gasteiger partial charge in [0, 0.05) is 34.2 Å². The van der Waals surface area contributed by atoms with E-state index in [9.17, 15) is 4.21 Å². The monoisotopic (exact) mass is 243 g/mol. The minimum absolute atomic E-state index is 0.150. The Morgan fingerprint density at radius 2 is 2.33 bits per heavy atom. The second kappa shape index (κ2) is 4.64. The molecule has 1 fully saturated rings. The van der Waals surface area contributed by atoms with E-state index in [1.807, 2.05) is 31.2 Å². The third-order valence-electron chi connectivity index (χ3n) is 2.76. The van der Waals surface area contributed by atoms with Gasteiger partial charge in [0.05, 0.1) is 5.25 Å². The molecular weight excluding hydrogens is 230 g/mol. The minimum Gasteiger partial charge on any atom is -0.308 e. The van der Waals surface area contributed by atoms with Crippen molar-refractivity contribution in [1.29, 1.82) is 0 Å². The molecule has 3 atom stereocenters. The quantitative estimate of drug-likeness (QED) is 0.819. The van der Waals surface area contributed by atoms with Crippen LogP contribution in [-0.2, 0) is 10.8 Å². The lowest BCUT2D eigenvalue weighted by atomic mass is 10.0. The molecule has 0 amide bonds. The molecule has 1 aliphatic heterocycles. The summed E-state index contributed by atoms with van der Waals surface area (Å²) < 4.78 is 11.7. The second-order valence-corrected chi connectivity index (χ2v) is 6.13. The minimum atomic E-state index is -0.728. The first-order chi connectivity index (χ1) is 7.18. The number of nitrogens with one attached hydrogen (secondary N) is 1. The molecule has 0 aromatic heterocycles. The zero-order valence-corrected chi connectivity index (χ0v) is 10.1. The average Bonchev–Trinajstić information content (AvgIpc) is 2.22. The Bertz CT molecular complexity index is 383. The van der Waals surface area contributed by atoms with Crippen LogP contribution < -0.4 is 5.32 Å². The van der Waals surface area contributed by atoms with E-state index in [0.29, 0.717) is 0 Å². The summed E-state index contributed by atoms with van der Waals surface area (Å²) in [6.45, 7) is 2.84. The molecule has 0 saturated carbocycles. The molecule has 0 bridgehead atoms. The summed E-state index contributed by atoms with van der Waals surface area (Å²) >= 11 is 5.94. The Morgan fingerprint density at radius 1 is 1.53 bits per heavy atom. The highest BCUT2D eigenvalue weighted by Gasteiger charge is 2.27. The number of rotatable bonds is 1. The van der Waals surface area contributed by atoms with Crippen molar-refractivity contribution in [2.45, 2.75) is 18.2 Å². The summed E-state index contributed by atoms with van der Waals surface area (Å²) in [5.41, 5.74) is 1.13. The van der Waals surface area contributed by atoms with Crippen molar-refractivity contribution < 1.29 is 4.21 Å². The topological polar surface area (TPSA) is 29.1 Å². The summed E-state index contributed by atoms with van der Waals surface area (Å²) in [7, 11) is -0.728. The molecule has 4 heteroatoms. The van der Waals surface area contributed by atoms with Gasteiger partial charge in [-0.15, -0.1) is 0 Å². The highest BCUT2D eigenvalue weighted by molar-refractivity contribution is 7.85. The van der Waals surface area contributed by atoms with Crippen molar-refractivity contribution in [3.63, 3.8) is 0 Å². The molecule has 1 aromatic carbocycles. The first-order valence-corrected chi connectivity index (χ1v) is 6.80. The molecule has 15 heavy (non-hydrogen) atoms. The third kappa shape index (κ3) is 2.41. The molecule has 1 N–H and O–H groups in total. The second-order valence-electron chi connectivity index (χ2n) is 3.78. The van der Waals surface area contributed by atoms with Crippen LogP contribution in [0.25, 0.3) is 0 Å². The molecule has 3 unspecified atom stereocenters. The van der Waals surface area contributed by atoms with Gasteiger partial charge in [-0.1, -0.05) is 23.7 Å². The van der Waals surface area contributed by atoms with Crippen molar-refractivity contribution in [2.24, 2.45) is 0 Å². The van der Waals surface area contributed by atoms with E-state index < -0.39 is 10.8 Å².